The molecule has 2 N–H and O–H groups in total. The molecule has 0 aliphatic heterocycles. The molecule has 0 saturated heterocycles. The van der Waals surface area contributed by atoms with E-state index in [0.29, 0.717) is 28.0 Å². The number of carbonyl (C=O) groups excluding carboxylic acids is 1. The third-order valence-corrected chi connectivity index (χ3v) is 4.20. The van der Waals surface area contributed by atoms with Crippen LogP contribution in [0.4, 0.5) is 22.9 Å². The summed E-state index contributed by atoms with van der Waals surface area (Å²) in [5.74, 6) is 0.749. The van der Waals surface area contributed by atoms with Crippen LogP contribution in [-0.2, 0) is 0 Å². The van der Waals surface area contributed by atoms with Gasteiger partial charge in [0.15, 0.2) is 11.5 Å². The van der Waals surface area contributed by atoms with Crippen molar-refractivity contribution in [2.24, 2.45) is 0 Å². The van der Waals surface area contributed by atoms with Gasteiger partial charge < -0.3 is 20.3 Å². The summed E-state index contributed by atoms with van der Waals surface area (Å²) >= 11 is 6.02. The van der Waals surface area contributed by atoms with Crippen LogP contribution < -0.4 is 20.3 Å². The predicted molar refractivity (Wildman–Crippen MR) is 112 cm³/mol. The highest BCUT2D eigenvalue weighted by Crippen LogP contribution is 2.29. The minimum Gasteiger partial charge on any atom is -0.495 e. The second-order valence-electron chi connectivity index (χ2n) is 6.17. The zero-order valence-corrected chi connectivity index (χ0v) is 16.5. The SMILES string of the molecule is COc1ccc(Cl)cc1Nc1ccc(C(=O)Nc2ccc(N(C)C)cc2)nn1. The molecule has 0 unspecified atom stereocenters. The number of methoxy groups -OCH3 is 1. The Kier molecular flexibility index (Phi) is 5.96. The van der Waals surface area contributed by atoms with Crippen molar-refractivity contribution in [1.82, 2.24) is 10.2 Å². The van der Waals surface area contributed by atoms with E-state index in [2.05, 4.69) is 20.8 Å². The number of rotatable bonds is 6. The highest BCUT2D eigenvalue weighted by Gasteiger charge is 2.10. The molecule has 1 heterocycles. The van der Waals surface area contributed by atoms with Crippen molar-refractivity contribution in [1.29, 1.82) is 0 Å². The monoisotopic (exact) mass is 397 g/mol. The molecule has 144 valence electrons. The summed E-state index contributed by atoms with van der Waals surface area (Å²) in [6.07, 6.45) is 0. The summed E-state index contributed by atoms with van der Waals surface area (Å²) in [5, 5.41) is 14.5. The van der Waals surface area contributed by atoms with Gasteiger partial charge in [-0.1, -0.05) is 11.6 Å². The molecule has 1 aromatic heterocycles. The number of halogens is 1. The first-order valence-corrected chi connectivity index (χ1v) is 8.87. The molecular weight excluding hydrogens is 378 g/mol. The average molecular weight is 398 g/mol. The normalized spacial score (nSPS) is 10.3. The van der Waals surface area contributed by atoms with Crippen LogP contribution in [0.3, 0.4) is 0 Å². The van der Waals surface area contributed by atoms with Gasteiger partial charge in [-0.05, 0) is 54.6 Å². The molecular formula is C20H20ClN5O2. The standard InChI is InChI=1S/C20H20ClN5O2/c1-26(2)15-7-5-14(6-8-15)22-20(27)16-9-11-19(25-24-16)23-17-12-13(21)4-10-18(17)28-3/h4-12H,1-3H3,(H,22,27)(H,23,25). The van der Waals surface area contributed by atoms with Gasteiger partial charge in [0.2, 0.25) is 0 Å². The van der Waals surface area contributed by atoms with Gasteiger partial charge >= 0.3 is 0 Å². The van der Waals surface area contributed by atoms with Gasteiger partial charge in [-0.2, -0.15) is 0 Å². The molecule has 7 nitrogen and oxygen atoms in total. The van der Waals surface area contributed by atoms with Gasteiger partial charge in [0, 0.05) is 30.5 Å². The molecule has 3 aromatic rings. The number of ether oxygens (including phenoxy) is 1. The largest absolute Gasteiger partial charge is 0.495 e. The highest BCUT2D eigenvalue weighted by atomic mass is 35.5. The molecule has 8 heteroatoms. The van der Waals surface area contributed by atoms with Gasteiger partial charge in [0.1, 0.15) is 5.75 Å². The lowest BCUT2D eigenvalue weighted by atomic mass is 10.2. The van der Waals surface area contributed by atoms with Gasteiger partial charge in [0.05, 0.1) is 12.8 Å². The Bertz CT molecular complexity index is 959. The summed E-state index contributed by atoms with van der Waals surface area (Å²) in [7, 11) is 5.48. The summed E-state index contributed by atoms with van der Waals surface area (Å²) in [5.41, 5.74) is 2.59. The Balaban J connectivity index is 1.68. The Hall–Kier alpha value is -3.32. The predicted octanol–water partition coefficient (Wildman–Crippen LogP) is 4.20. The first-order chi connectivity index (χ1) is 13.5. The van der Waals surface area contributed by atoms with Crippen LogP contribution >= 0.6 is 11.6 Å². The Morgan fingerprint density at radius 1 is 1.04 bits per heavy atom. The fraction of sp³-hybridized carbons (Fsp3) is 0.150. The average Bonchev–Trinajstić information content (AvgIpc) is 2.69. The van der Waals surface area contributed by atoms with Crippen molar-refractivity contribution in [3.63, 3.8) is 0 Å². The number of hydrogen-bond donors (Lipinski definition) is 2. The van der Waals surface area contributed by atoms with Crippen LogP contribution in [0.5, 0.6) is 5.75 Å². The maximum absolute atomic E-state index is 12.4. The molecule has 0 atom stereocenters. The Labute approximate surface area is 168 Å². The molecule has 0 aliphatic rings. The molecule has 0 spiro atoms. The number of amides is 1. The lowest BCUT2D eigenvalue weighted by molar-refractivity contribution is 0.102. The maximum atomic E-state index is 12.4. The van der Waals surface area contributed by atoms with Crippen LogP contribution in [0.15, 0.2) is 54.6 Å². The highest BCUT2D eigenvalue weighted by molar-refractivity contribution is 6.31. The third-order valence-electron chi connectivity index (χ3n) is 3.96. The first kappa shape index (κ1) is 19.4. The van der Waals surface area contributed by atoms with E-state index in [1.54, 1.807) is 37.4 Å². The van der Waals surface area contributed by atoms with Crippen molar-refractivity contribution in [2.45, 2.75) is 0 Å². The summed E-state index contributed by atoms with van der Waals surface area (Å²) < 4.78 is 5.29. The van der Waals surface area contributed by atoms with Crippen molar-refractivity contribution in [3.05, 3.63) is 65.3 Å². The lowest BCUT2D eigenvalue weighted by Gasteiger charge is -2.13. The quantitative estimate of drug-likeness (QED) is 0.649. The van der Waals surface area contributed by atoms with E-state index in [9.17, 15) is 4.79 Å². The smallest absolute Gasteiger partial charge is 0.276 e. The van der Waals surface area contributed by atoms with E-state index in [4.69, 9.17) is 16.3 Å². The molecule has 0 bridgehead atoms. The van der Waals surface area contributed by atoms with Gasteiger partial charge in [-0.25, -0.2) is 0 Å². The molecule has 1 amide bonds. The van der Waals surface area contributed by atoms with Crippen LogP contribution in [0.2, 0.25) is 5.02 Å². The topological polar surface area (TPSA) is 79.4 Å². The molecule has 3 rings (SSSR count). The minimum atomic E-state index is -0.336. The van der Waals surface area contributed by atoms with E-state index in [-0.39, 0.29) is 11.6 Å². The van der Waals surface area contributed by atoms with Crippen molar-refractivity contribution in [3.8, 4) is 5.75 Å². The second kappa shape index (κ2) is 8.58. The lowest BCUT2D eigenvalue weighted by Crippen LogP contribution is -2.15. The fourth-order valence-electron chi connectivity index (χ4n) is 2.47. The zero-order chi connectivity index (χ0) is 20.1. The molecule has 0 saturated carbocycles. The van der Waals surface area contributed by atoms with E-state index < -0.39 is 0 Å². The summed E-state index contributed by atoms with van der Waals surface area (Å²) in [4.78, 5) is 14.3. The van der Waals surface area contributed by atoms with E-state index >= 15 is 0 Å². The van der Waals surface area contributed by atoms with Gasteiger partial charge in [0.25, 0.3) is 5.91 Å². The van der Waals surface area contributed by atoms with E-state index in [1.807, 2.05) is 43.3 Å². The van der Waals surface area contributed by atoms with Crippen molar-refractivity contribution < 1.29 is 9.53 Å². The van der Waals surface area contributed by atoms with Crippen molar-refractivity contribution >= 4 is 40.4 Å². The first-order valence-electron chi connectivity index (χ1n) is 8.49. The Morgan fingerprint density at radius 3 is 2.39 bits per heavy atom. The van der Waals surface area contributed by atoms with E-state index in [1.165, 1.54) is 0 Å². The number of carbonyl (C=O) groups is 1. The fourth-order valence-corrected chi connectivity index (χ4v) is 2.65. The number of nitrogens with zero attached hydrogens (tertiary/aromatic N) is 3. The number of aromatic nitrogens is 2. The second-order valence-corrected chi connectivity index (χ2v) is 6.61. The molecule has 0 aliphatic carbocycles. The number of nitrogens with one attached hydrogen (secondary N) is 2. The number of anilines is 4. The van der Waals surface area contributed by atoms with Gasteiger partial charge in [-0.3, -0.25) is 4.79 Å². The molecule has 0 radical (unpaired) electrons. The van der Waals surface area contributed by atoms with Gasteiger partial charge in [-0.15, -0.1) is 10.2 Å². The number of benzene rings is 2. The number of hydrogen-bond acceptors (Lipinski definition) is 6. The summed E-state index contributed by atoms with van der Waals surface area (Å²) in [6.45, 7) is 0. The van der Waals surface area contributed by atoms with Crippen LogP contribution in [0.25, 0.3) is 0 Å². The molecule has 0 fully saturated rings. The molecule has 2 aromatic carbocycles. The zero-order valence-electron chi connectivity index (χ0n) is 15.7. The van der Waals surface area contributed by atoms with Crippen molar-refractivity contribution in [2.75, 3.05) is 36.7 Å². The van der Waals surface area contributed by atoms with Crippen LogP contribution in [0, 0.1) is 0 Å². The third kappa shape index (κ3) is 4.69. The minimum absolute atomic E-state index is 0.209. The molecule has 28 heavy (non-hydrogen) atoms. The van der Waals surface area contributed by atoms with Crippen LogP contribution in [-0.4, -0.2) is 37.3 Å². The van der Waals surface area contributed by atoms with Crippen LogP contribution in [0.1, 0.15) is 10.5 Å². The maximum Gasteiger partial charge on any atom is 0.276 e. The Morgan fingerprint density at radius 2 is 1.79 bits per heavy atom. The summed E-state index contributed by atoms with van der Waals surface area (Å²) in [6, 6.07) is 16.0. The van der Waals surface area contributed by atoms with E-state index in [0.717, 1.165) is 5.69 Å².